The molecule has 1 aromatic carbocycles. The fourth-order valence-corrected chi connectivity index (χ4v) is 3.06. The number of anilines is 3. The van der Waals surface area contributed by atoms with Crippen LogP contribution in [0.1, 0.15) is 30.1 Å². The van der Waals surface area contributed by atoms with Crippen molar-refractivity contribution in [3.05, 3.63) is 68.4 Å². The highest BCUT2D eigenvalue weighted by molar-refractivity contribution is 5.74. The summed E-state index contributed by atoms with van der Waals surface area (Å²) in [6, 6.07) is 1.53. The van der Waals surface area contributed by atoms with Gasteiger partial charge < -0.3 is 10.7 Å². The second-order valence-corrected chi connectivity index (χ2v) is 6.82. The van der Waals surface area contributed by atoms with Gasteiger partial charge in [0.25, 0.3) is 5.56 Å². The second-order valence-electron chi connectivity index (χ2n) is 6.82. The van der Waals surface area contributed by atoms with Crippen LogP contribution in [0.4, 0.5) is 25.8 Å². The van der Waals surface area contributed by atoms with E-state index in [1.807, 2.05) is 0 Å². The largest absolute Gasteiger partial charge is 0.397 e. The minimum atomic E-state index is -1.19. The van der Waals surface area contributed by atoms with Crippen LogP contribution in [0, 0.1) is 18.6 Å². The number of nitrogens with one attached hydrogen (secondary N) is 1. The summed E-state index contributed by atoms with van der Waals surface area (Å²) in [6.07, 6.45) is 4.81. The lowest BCUT2D eigenvalue weighted by atomic mass is 10.2. The Hall–Kier alpha value is -3.60. The Morgan fingerprint density at radius 1 is 1.21 bits per heavy atom. The molecule has 0 atom stereocenters. The number of hydrogen-bond acceptors (Lipinski definition) is 7. The van der Waals surface area contributed by atoms with Gasteiger partial charge in [0.05, 0.1) is 23.3 Å². The molecule has 3 aromatic rings. The van der Waals surface area contributed by atoms with E-state index < -0.39 is 22.9 Å². The van der Waals surface area contributed by atoms with Gasteiger partial charge in [0, 0.05) is 29.9 Å². The van der Waals surface area contributed by atoms with Crippen LogP contribution >= 0.6 is 0 Å². The molecule has 1 aliphatic rings. The Bertz CT molecular complexity index is 1230. The lowest BCUT2D eigenvalue weighted by molar-refractivity contribution is 0.509. The zero-order valence-corrected chi connectivity index (χ0v) is 15.3. The molecule has 29 heavy (non-hydrogen) atoms. The zero-order chi connectivity index (χ0) is 20.9. The summed E-state index contributed by atoms with van der Waals surface area (Å²) in [5, 5.41) is 0.806. The third-order valence-corrected chi connectivity index (χ3v) is 4.69. The van der Waals surface area contributed by atoms with Gasteiger partial charge >= 0.3 is 5.69 Å². The van der Waals surface area contributed by atoms with Gasteiger partial charge in [-0.1, -0.05) is 0 Å². The average Bonchev–Trinajstić information content (AvgIpc) is 3.49. The van der Waals surface area contributed by atoms with Gasteiger partial charge in [-0.2, -0.15) is 0 Å². The van der Waals surface area contributed by atoms with Gasteiger partial charge in [-0.25, -0.2) is 29.0 Å². The van der Waals surface area contributed by atoms with Gasteiger partial charge in [-0.05, 0) is 19.8 Å². The van der Waals surface area contributed by atoms with Crippen molar-refractivity contribution in [1.82, 2.24) is 19.5 Å². The molecular formula is C18H17F2N7O2. The molecule has 2 heterocycles. The van der Waals surface area contributed by atoms with E-state index in [1.165, 1.54) is 13.1 Å². The Balaban J connectivity index is 1.89. The maximum Gasteiger partial charge on any atom is 0.334 e. The second kappa shape index (κ2) is 6.78. The molecule has 0 aliphatic heterocycles. The third kappa shape index (κ3) is 3.25. The first kappa shape index (κ1) is 18.7. The van der Waals surface area contributed by atoms with E-state index in [0.29, 0.717) is 5.69 Å². The van der Waals surface area contributed by atoms with Crippen LogP contribution in [0.3, 0.4) is 0 Å². The van der Waals surface area contributed by atoms with Crippen LogP contribution in [0.5, 0.6) is 0 Å². The first-order valence-corrected chi connectivity index (χ1v) is 8.75. The number of aryl methyl sites for hydroxylation is 1. The molecule has 150 valence electrons. The van der Waals surface area contributed by atoms with E-state index >= 15 is 0 Å². The molecule has 0 radical (unpaired) electrons. The molecule has 1 fully saturated rings. The van der Waals surface area contributed by atoms with Crippen molar-refractivity contribution in [3.8, 4) is 5.82 Å². The minimum absolute atomic E-state index is 0.0357. The summed E-state index contributed by atoms with van der Waals surface area (Å²) in [6.45, 7) is 1.45. The number of hydrazine groups is 1. The molecule has 5 N–H and O–H groups in total. The van der Waals surface area contributed by atoms with Crippen LogP contribution in [0.15, 0.2) is 34.1 Å². The lowest BCUT2D eigenvalue weighted by Crippen LogP contribution is -2.41. The number of rotatable bonds is 4. The summed E-state index contributed by atoms with van der Waals surface area (Å²) in [5.74, 6) is 3.98. The van der Waals surface area contributed by atoms with Crippen LogP contribution in [0.25, 0.3) is 5.82 Å². The van der Waals surface area contributed by atoms with E-state index in [-0.39, 0.29) is 34.5 Å². The molecule has 9 nitrogen and oxygen atoms in total. The number of nitrogen functional groups attached to an aromatic ring is 1. The maximum absolute atomic E-state index is 13.7. The normalized spacial score (nSPS) is 13.5. The van der Waals surface area contributed by atoms with E-state index in [1.54, 1.807) is 6.20 Å². The van der Waals surface area contributed by atoms with E-state index in [4.69, 9.17) is 11.6 Å². The number of aromatic nitrogens is 4. The van der Waals surface area contributed by atoms with Crippen LogP contribution in [-0.4, -0.2) is 19.5 Å². The Labute approximate surface area is 162 Å². The predicted molar refractivity (Wildman–Crippen MR) is 102 cm³/mol. The molecule has 11 heteroatoms. The van der Waals surface area contributed by atoms with E-state index in [2.05, 4.69) is 15.0 Å². The summed E-state index contributed by atoms with van der Waals surface area (Å²) in [4.78, 5) is 36.6. The number of nitrogens with zero attached hydrogens (tertiary/aromatic N) is 4. The molecular weight excluding hydrogens is 384 g/mol. The smallest absolute Gasteiger partial charge is 0.334 e. The van der Waals surface area contributed by atoms with Crippen molar-refractivity contribution in [2.45, 2.75) is 25.7 Å². The number of benzene rings is 1. The average molecular weight is 401 g/mol. The first-order chi connectivity index (χ1) is 13.8. The van der Waals surface area contributed by atoms with Gasteiger partial charge in [0.2, 0.25) is 0 Å². The predicted octanol–water partition coefficient (Wildman–Crippen LogP) is 1.37. The minimum Gasteiger partial charge on any atom is -0.397 e. The molecule has 2 aromatic heterocycles. The first-order valence-electron chi connectivity index (χ1n) is 8.75. The van der Waals surface area contributed by atoms with Crippen LogP contribution in [-0.2, 0) is 0 Å². The summed E-state index contributed by atoms with van der Waals surface area (Å²) >= 11 is 0. The topological polar surface area (TPSA) is 136 Å². The van der Waals surface area contributed by atoms with E-state index in [9.17, 15) is 18.4 Å². The van der Waals surface area contributed by atoms with Gasteiger partial charge in [-0.15, -0.1) is 0 Å². The third-order valence-electron chi connectivity index (χ3n) is 4.69. The highest BCUT2D eigenvalue weighted by Gasteiger charge is 2.27. The SMILES string of the molecule is Cc1[nH]c(=O)n(-c2cncc(C3CC3)n2)c(=O)c1N(N)c1cc(F)c(F)cc1N. The van der Waals surface area contributed by atoms with E-state index in [0.717, 1.165) is 34.6 Å². The van der Waals surface area contributed by atoms with Gasteiger partial charge in [0.15, 0.2) is 17.5 Å². The fourth-order valence-electron chi connectivity index (χ4n) is 3.06. The Morgan fingerprint density at radius 2 is 1.90 bits per heavy atom. The summed E-state index contributed by atoms with van der Waals surface area (Å²) in [7, 11) is 0. The number of nitrogens with two attached hydrogens (primary N) is 2. The molecule has 1 aliphatic carbocycles. The molecule has 0 amide bonds. The maximum atomic E-state index is 13.7. The highest BCUT2D eigenvalue weighted by Crippen LogP contribution is 2.38. The number of halogens is 2. The number of H-pyrrole nitrogens is 1. The molecule has 0 bridgehead atoms. The molecule has 4 rings (SSSR count). The van der Waals surface area contributed by atoms with Crippen molar-refractivity contribution >= 4 is 17.1 Å². The monoisotopic (exact) mass is 401 g/mol. The van der Waals surface area contributed by atoms with Crippen molar-refractivity contribution in [2.24, 2.45) is 5.84 Å². The lowest BCUT2D eigenvalue weighted by Gasteiger charge is -2.22. The molecule has 1 saturated carbocycles. The zero-order valence-electron chi connectivity index (χ0n) is 15.3. The molecule has 0 unspecified atom stereocenters. The van der Waals surface area contributed by atoms with Crippen molar-refractivity contribution in [3.63, 3.8) is 0 Å². The summed E-state index contributed by atoms with van der Waals surface area (Å²) < 4.78 is 27.9. The van der Waals surface area contributed by atoms with Gasteiger partial charge in [0.1, 0.15) is 5.69 Å². The molecule has 0 spiro atoms. The van der Waals surface area contributed by atoms with Crippen LogP contribution < -0.4 is 27.8 Å². The standard InChI is InChI=1S/C18H17F2N7O2/c1-8-16(27(22)14-5-11(20)10(19)4-12(14)21)17(28)26(18(29)24-8)15-7-23-6-13(25-15)9-2-3-9/h4-7,9H,2-3,21-22H2,1H3,(H,24,29). The fraction of sp³-hybridized carbons (Fsp3) is 0.222. The highest BCUT2D eigenvalue weighted by atomic mass is 19.2. The van der Waals surface area contributed by atoms with Crippen molar-refractivity contribution < 1.29 is 8.78 Å². The summed E-state index contributed by atoms with van der Waals surface area (Å²) in [5.41, 5.74) is 4.50. The Morgan fingerprint density at radius 3 is 2.59 bits per heavy atom. The van der Waals surface area contributed by atoms with Crippen molar-refractivity contribution in [2.75, 3.05) is 10.7 Å². The van der Waals surface area contributed by atoms with Gasteiger partial charge in [-0.3, -0.25) is 14.8 Å². The quantitative estimate of drug-likeness (QED) is 0.341. The number of hydrogen-bond donors (Lipinski definition) is 3. The van der Waals surface area contributed by atoms with Crippen molar-refractivity contribution in [1.29, 1.82) is 0 Å². The molecule has 0 saturated heterocycles. The van der Waals surface area contributed by atoms with Crippen LogP contribution in [0.2, 0.25) is 0 Å². The Kier molecular flexibility index (Phi) is 4.38. The number of aromatic amines is 1.